The summed E-state index contributed by atoms with van der Waals surface area (Å²) >= 11 is 0. The summed E-state index contributed by atoms with van der Waals surface area (Å²) in [4.78, 5) is 0. The predicted octanol–water partition coefficient (Wildman–Crippen LogP) is 1.26. The summed E-state index contributed by atoms with van der Waals surface area (Å²) in [5, 5.41) is 7.90. The maximum absolute atomic E-state index is 5.66. The molecule has 1 aromatic heterocycles. The maximum atomic E-state index is 5.66. The Balaban J connectivity index is 1.95. The Bertz CT molecular complexity index is 280. The van der Waals surface area contributed by atoms with E-state index in [-0.39, 0.29) is 0 Å². The number of nitrogens with zero attached hydrogens (tertiary/aromatic N) is 2. The van der Waals surface area contributed by atoms with Crippen LogP contribution in [0.5, 0.6) is 5.88 Å². The van der Waals surface area contributed by atoms with Gasteiger partial charge in [-0.1, -0.05) is 0 Å². The molecule has 0 aromatic carbocycles. The van der Waals surface area contributed by atoms with Crippen molar-refractivity contribution >= 4 is 0 Å². The molecule has 4 heteroatoms. The highest BCUT2D eigenvalue weighted by Gasteiger charge is 2.16. The van der Waals surface area contributed by atoms with Crippen molar-refractivity contribution in [3.05, 3.63) is 17.8 Å². The van der Waals surface area contributed by atoms with Crippen molar-refractivity contribution in [1.82, 2.24) is 10.2 Å². The Hall–Kier alpha value is -1.16. The van der Waals surface area contributed by atoms with E-state index >= 15 is 0 Å². The van der Waals surface area contributed by atoms with Crippen LogP contribution in [0.2, 0.25) is 0 Å². The monoisotopic (exact) mass is 193 g/mol. The Morgan fingerprint density at radius 2 is 2.07 bits per heavy atom. The average molecular weight is 193 g/mol. The Morgan fingerprint density at radius 1 is 1.29 bits per heavy atom. The van der Waals surface area contributed by atoms with Crippen molar-refractivity contribution in [3.8, 4) is 5.88 Å². The van der Waals surface area contributed by atoms with Crippen LogP contribution in [0.3, 0.4) is 0 Å². The van der Waals surface area contributed by atoms with Crippen molar-refractivity contribution in [2.75, 3.05) is 0 Å². The van der Waals surface area contributed by atoms with Gasteiger partial charge in [0.15, 0.2) is 0 Å². The summed E-state index contributed by atoms with van der Waals surface area (Å²) < 4.78 is 5.66. The molecule has 1 aliphatic carbocycles. The van der Waals surface area contributed by atoms with E-state index in [0.29, 0.717) is 18.5 Å². The zero-order valence-electron chi connectivity index (χ0n) is 8.15. The molecule has 0 aliphatic heterocycles. The molecule has 0 unspecified atom stereocenters. The van der Waals surface area contributed by atoms with E-state index in [0.717, 1.165) is 18.5 Å². The minimum absolute atomic E-state index is 0.341. The molecule has 0 spiro atoms. The van der Waals surface area contributed by atoms with E-state index in [2.05, 4.69) is 10.2 Å². The van der Waals surface area contributed by atoms with E-state index in [1.165, 1.54) is 12.8 Å². The number of hydrogen-bond donors (Lipinski definition) is 1. The Labute approximate surface area is 83.5 Å². The van der Waals surface area contributed by atoms with Gasteiger partial charge in [0, 0.05) is 12.6 Å². The summed E-state index contributed by atoms with van der Waals surface area (Å²) in [5.74, 6) is 0.620. The van der Waals surface area contributed by atoms with Crippen LogP contribution in [-0.2, 0) is 6.54 Å². The highest BCUT2D eigenvalue weighted by molar-refractivity contribution is 5.11. The van der Waals surface area contributed by atoms with Gasteiger partial charge >= 0.3 is 0 Å². The normalized spacial score (nSPS) is 17.2. The smallest absolute Gasteiger partial charge is 0.233 e. The van der Waals surface area contributed by atoms with Gasteiger partial charge in [0.2, 0.25) is 5.88 Å². The van der Waals surface area contributed by atoms with Crippen molar-refractivity contribution in [1.29, 1.82) is 0 Å². The molecule has 76 valence electrons. The third kappa shape index (κ3) is 2.20. The first-order valence-corrected chi connectivity index (χ1v) is 5.08. The molecular formula is C10H15N3O. The van der Waals surface area contributed by atoms with Gasteiger partial charge in [0.05, 0.1) is 5.69 Å². The molecule has 0 radical (unpaired) electrons. The lowest BCUT2D eigenvalue weighted by atomic mass is 10.3. The lowest BCUT2D eigenvalue weighted by Crippen LogP contribution is -2.12. The molecule has 1 fully saturated rings. The maximum Gasteiger partial charge on any atom is 0.233 e. The van der Waals surface area contributed by atoms with Crippen LogP contribution in [0, 0.1) is 0 Å². The Kier molecular flexibility index (Phi) is 2.93. The minimum Gasteiger partial charge on any atom is -0.473 e. The van der Waals surface area contributed by atoms with Gasteiger partial charge < -0.3 is 10.5 Å². The number of nitrogens with two attached hydrogens (primary N) is 1. The van der Waals surface area contributed by atoms with Gasteiger partial charge in [0.1, 0.15) is 6.10 Å². The van der Waals surface area contributed by atoms with Gasteiger partial charge in [-0.15, -0.1) is 5.10 Å². The number of hydrogen-bond acceptors (Lipinski definition) is 4. The summed E-state index contributed by atoms with van der Waals surface area (Å²) in [7, 11) is 0. The van der Waals surface area contributed by atoms with Crippen LogP contribution >= 0.6 is 0 Å². The van der Waals surface area contributed by atoms with Gasteiger partial charge in [-0.25, -0.2) is 0 Å². The third-order valence-electron chi connectivity index (χ3n) is 2.49. The first kappa shape index (κ1) is 9.40. The summed E-state index contributed by atoms with van der Waals surface area (Å²) in [6.45, 7) is 0.427. The number of aromatic nitrogens is 2. The minimum atomic E-state index is 0.341. The van der Waals surface area contributed by atoms with Gasteiger partial charge in [-0.05, 0) is 31.7 Å². The average Bonchev–Trinajstić information content (AvgIpc) is 2.72. The van der Waals surface area contributed by atoms with Crippen LogP contribution in [0.1, 0.15) is 31.4 Å². The zero-order chi connectivity index (χ0) is 9.80. The topological polar surface area (TPSA) is 61.0 Å². The standard InChI is InChI=1S/C10H15N3O/c11-7-8-5-6-10(13-12-8)14-9-3-1-2-4-9/h5-6,9H,1-4,7,11H2. The zero-order valence-corrected chi connectivity index (χ0v) is 8.15. The molecule has 1 heterocycles. The molecule has 14 heavy (non-hydrogen) atoms. The van der Waals surface area contributed by atoms with Crippen molar-refractivity contribution < 1.29 is 4.74 Å². The van der Waals surface area contributed by atoms with Crippen molar-refractivity contribution in [2.24, 2.45) is 5.73 Å². The van der Waals surface area contributed by atoms with Crippen LogP contribution < -0.4 is 10.5 Å². The second kappa shape index (κ2) is 4.37. The first-order chi connectivity index (χ1) is 6.88. The fourth-order valence-corrected chi connectivity index (χ4v) is 1.70. The molecule has 0 amide bonds. The molecule has 1 aromatic rings. The lowest BCUT2D eigenvalue weighted by Gasteiger charge is -2.10. The second-order valence-corrected chi connectivity index (χ2v) is 3.59. The molecular weight excluding hydrogens is 178 g/mol. The SMILES string of the molecule is NCc1ccc(OC2CCCC2)nn1. The molecule has 1 saturated carbocycles. The fraction of sp³-hybridized carbons (Fsp3) is 0.600. The second-order valence-electron chi connectivity index (χ2n) is 3.59. The Morgan fingerprint density at radius 3 is 2.64 bits per heavy atom. The highest BCUT2D eigenvalue weighted by atomic mass is 16.5. The molecule has 4 nitrogen and oxygen atoms in total. The van der Waals surface area contributed by atoms with E-state index < -0.39 is 0 Å². The summed E-state index contributed by atoms with van der Waals surface area (Å²) in [6.07, 6.45) is 5.14. The fourth-order valence-electron chi connectivity index (χ4n) is 1.70. The van der Waals surface area contributed by atoms with E-state index in [4.69, 9.17) is 10.5 Å². The van der Waals surface area contributed by atoms with Crippen molar-refractivity contribution in [2.45, 2.75) is 38.3 Å². The number of ether oxygens (including phenoxy) is 1. The van der Waals surface area contributed by atoms with E-state index in [1.807, 2.05) is 12.1 Å². The molecule has 2 N–H and O–H groups in total. The molecule has 0 saturated heterocycles. The van der Waals surface area contributed by atoms with Crippen LogP contribution in [0.25, 0.3) is 0 Å². The first-order valence-electron chi connectivity index (χ1n) is 5.08. The third-order valence-corrected chi connectivity index (χ3v) is 2.49. The lowest BCUT2D eigenvalue weighted by molar-refractivity contribution is 0.199. The van der Waals surface area contributed by atoms with E-state index in [1.54, 1.807) is 0 Å². The van der Waals surface area contributed by atoms with Crippen molar-refractivity contribution in [3.63, 3.8) is 0 Å². The summed E-state index contributed by atoms with van der Waals surface area (Å²) in [5.41, 5.74) is 6.22. The highest BCUT2D eigenvalue weighted by Crippen LogP contribution is 2.22. The number of rotatable bonds is 3. The summed E-state index contributed by atoms with van der Waals surface area (Å²) in [6, 6.07) is 3.70. The predicted molar refractivity (Wildman–Crippen MR) is 52.8 cm³/mol. The van der Waals surface area contributed by atoms with Crippen LogP contribution in [-0.4, -0.2) is 16.3 Å². The van der Waals surface area contributed by atoms with Crippen LogP contribution in [0.4, 0.5) is 0 Å². The molecule has 0 bridgehead atoms. The van der Waals surface area contributed by atoms with Gasteiger partial charge in [-0.2, -0.15) is 5.10 Å². The van der Waals surface area contributed by atoms with Gasteiger partial charge in [0.25, 0.3) is 0 Å². The largest absolute Gasteiger partial charge is 0.473 e. The molecule has 0 atom stereocenters. The molecule has 1 aliphatic rings. The van der Waals surface area contributed by atoms with Gasteiger partial charge in [-0.3, -0.25) is 0 Å². The van der Waals surface area contributed by atoms with Crippen LogP contribution in [0.15, 0.2) is 12.1 Å². The molecule has 2 rings (SSSR count). The van der Waals surface area contributed by atoms with E-state index in [9.17, 15) is 0 Å². The quantitative estimate of drug-likeness (QED) is 0.785.